The molecule has 0 saturated heterocycles. The summed E-state index contributed by atoms with van der Waals surface area (Å²) >= 11 is 0. The highest BCUT2D eigenvalue weighted by molar-refractivity contribution is 5.87. The van der Waals surface area contributed by atoms with E-state index in [9.17, 15) is 0 Å². The molecule has 1 atom stereocenters. The molecule has 2 aliphatic rings. The molecule has 1 aliphatic heterocycles. The predicted octanol–water partition coefficient (Wildman–Crippen LogP) is 1.23. The smallest absolute Gasteiger partial charge is 0.129 e. The van der Waals surface area contributed by atoms with Crippen LogP contribution in [0.2, 0.25) is 0 Å². The van der Waals surface area contributed by atoms with Crippen molar-refractivity contribution < 1.29 is 0 Å². The lowest BCUT2D eigenvalue weighted by atomic mass is 10.1. The van der Waals surface area contributed by atoms with Crippen molar-refractivity contribution in [2.75, 3.05) is 7.05 Å². The molecule has 68 valence electrons. The number of rotatable bonds is 2. The normalized spacial score (nSPS) is 29.2. The fourth-order valence-corrected chi connectivity index (χ4v) is 1.76. The van der Waals surface area contributed by atoms with Gasteiger partial charge in [0, 0.05) is 13.0 Å². The van der Waals surface area contributed by atoms with E-state index in [0.717, 1.165) is 5.92 Å². The molecule has 2 rings (SSSR count). The zero-order valence-corrected chi connectivity index (χ0v) is 8.04. The Morgan fingerprint density at radius 1 is 1.50 bits per heavy atom. The summed E-state index contributed by atoms with van der Waals surface area (Å²) < 4.78 is 0. The van der Waals surface area contributed by atoms with E-state index >= 15 is 0 Å². The first-order chi connectivity index (χ1) is 5.70. The van der Waals surface area contributed by atoms with E-state index in [1.165, 1.54) is 18.7 Å². The van der Waals surface area contributed by atoms with E-state index in [1.54, 1.807) is 0 Å². The quantitative estimate of drug-likeness (QED) is 0.669. The van der Waals surface area contributed by atoms with Crippen LogP contribution in [0.25, 0.3) is 0 Å². The summed E-state index contributed by atoms with van der Waals surface area (Å²) in [6.45, 7) is 4.44. The average Bonchev–Trinajstić information content (AvgIpc) is 2.75. The molecule has 1 fully saturated rings. The molecule has 0 amide bonds. The highest BCUT2D eigenvalue weighted by Gasteiger charge is 2.36. The lowest BCUT2D eigenvalue weighted by Crippen LogP contribution is -2.41. The van der Waals surface area contributed by atoms with Crippen LogP contribution < -0.4 is 5.43 Å². The number of nitrogens with zero attached hydrogens (tertiary/aromatic N) is 2. The third kappa shape index (κ3) is 1.17. The summed E-state index contributed by atoms with van der Waals surface area (Å²) in [6.07, 6.45) is 3.08. The van der Waals surface area contributed by atoms with E-state index in [0.29, 0.717) is 12.1 Å². The molecule has 1 aliphatic carbocycles. The van der Waals surface area contributed by atoms with Crippen LogP contribution in [-0.2, 0) is 0 Å². The third-order valence-electron chi connectivity index (χ3n) is 2.66. The Morgan fingerprint density at radius 2 is 2.17 bits per heavy atom. The Kier molecular flexibility index (Phi) is 1.74. The molecular weight excluding hydrogens is 150 g/mol. The van der Waals surface area contributed by atoms with Gasteiger partial charge in [-0.2, -0.15) is 5.10 Å². The molecule has 0 bridgehead atoms. The fourth-order valence-electron chi connectivity index (χ4n) is 1.76. The van der Waals surface area contributed by atoms with Crippen LogP contribution in [0.4, 0.5) is 0 Å². The lowest BCUT2D eigenvalue weighted by Gasteiger charge is -2.25. The summed E-state index contributed by atoms with van der Waals surface area (Å²) in [6, 6.07) is 0. The van der Waals surface area contributed by atoms with Gasteiger partial charge in [-0.1, -0.05) is 13.8 Å². The molecule has 1 saturated carbocycles. The van der Waals surface area contributed by atoms with Crippen molar-refractivity contribution in [1.29, 1.82) is 0 Å². The number of hydrogen-bond donors (Lipinski definition) is 1. The van der Waals surface area contributed by atoms with Gasteiger partial charge >= 0.3 is 0 Å². The molecule has 1 unspecified atom stereocenters. The molecule has 1 heterocycles. The monoisotopic (exact) mass is 167 g/mol. The molecule has 0 aromatic rings. The zero-order valence-electron chi connectivity index (χ0n) is 8.04. The third-order valence-corrected chi connectivity index (χ3v) is 2.66. The lowest BCUT2D eigenvalue weighted by molar-refractivity contribution is 0.267. The largest absolute Gasteiger partial charge is 0.340 e. The standard InChI is InChI=1S/C9H17N3/c1-6(2)8-10-11-9(12(8)3)7-4-5-7/h6-8,10H,4-5H2,1-3H3. The Morgan fingerprint density at radius 3 is 2.58 bits per heavy atom. The van der Waals surface area contributed by atoms with Crippen LogP contribution in [0.5, 0.6) is 0 Å². The van der Waals surface area contributed by atoms with Gasteiger partial charge in [-0.25, -0.2) is 0 Å². The van der Waals surface area contributed by atoms with E-state index < -0.39 is 0 Å². The van der Waals surface area contributed by atoms with Gasteiger partial charge in [-0.15, -0.1) is 0 Å². The van der Waals surface area contributed by atoms with Crippen molar-refractivity contribution in [3.8, 4) is 0 Å². The minimum Gasteiger partial charge on any atom is -0.340 e. The molecule has 12 heavy (non-hydrogen) atoms. The molecular formula is C9H17N3. The zero-order chi connectivity index (χ0) is 8.72. The van der Waals surface area contributed by atoms with Crippen LogP contribution in [0, 0.1) is 11.8 Å². The van der Waals surface area contributed by atoms with E-state index in [4.69, 9.17) is 0 Å². The molecule has 3 heteroatoms. The summed E-state index contributed by atoms with van der Waals surface area (Å²) in [5, 5.41) is 4.37. The Bertz CT molecular complexity index is 206. The van der Waals surface area contributed by atoms with E-state index in [2.05, 4.69) is 36.3 Å². The molecule has 1 N–H and O–H groups in total. The van der Waals surface area contributed by atoms with Gasteiger partial charge in [0.1, 0.15) is 12.0 Å². The highest BCUT2D eigenvalue weighted by atomic mass is 15.5. The van der Waals surface area contributed by atoms with Crippen molar-refractivity contribution in [1.82, 2.24) is 10.3 Å². The summed E-state index contributed by atoms with van der Waals surface area (Å²) in [4.78, 5) is 2.29. The van der Waals surface area contributed by atoms with E-state index in [1.807, 2.05) is 0 Å². The van der Waals surface area contributed by atoms with Gasteiger partial charge in [-0.3, -0.25) is 5.43 Å². The molecule has 0 spiro atoms. The van der Waals surface area contributed by atoms with Gasteiger partial charge in [-0.05, 0) is 18.8 Å². The van der Waals surface area contributed by atoms with Crippen molar-refractivity contribution in [2.45, 2.75) is 32.9 Å². The predicted molar refractivity (Wildman–Crippen MR) is 49.7 cm³/mol. The molecule has 0 radical (unpaired) electrons. The van der Waals surface area contributed by atoms with E-state index in [-0.39, 0.29) is 0 Å². The fraction of sp³-hybridized carbons (Fsp3) is 0.889. The second-order valence-electron chi connectivity index (χ2n) is 4.17. The summed E-state index contributed by atoms with van der Waals surface area (Å²) in [5.74, 6) is 2.65. The van der Waals surface area contributed by atoms with Crippen LogP contribution in [-0.4, -0.2) is 23.9 Å². The van der Waals surface area contributed by atoms with Crippen LogP contribution >= 0.6 is 0 Å². The van der Waals surface area contributed by atoms with Crippen LogP contribution in [0.3, 0.4) is 0 Å². The van der Waals surface area contributed by atoms with Gasteiger partial charge in [0.15, 0.2) is 0 Å². The summed E-state index contributed by atoms with van der Waals surface area (Å²) in [5.41, 5.74) is 3.19. The first-order valence-electron chi connectivity index (χ1n) is 4.76. The minimum atomic E-state index is 0.417. The molecule has 3 nitrogen and oxygen atoms in total. The van der Waals surface area contributed by atoms with Crippen molar-refractivity contribution in [3.05, 3.63) is 0 Å². The van der Waals surface area contributed by atoms with Crippen molar-refractivity contribution >= 4 is 5.84 Å². The number of hydrogen-bond acceptors (Lipinski definition) is 3. The highest BCUT2D eigenvalue weighted by Crippen LogP contribution is 2.33. The topological polar surface area (TPSA) is 27.6 Å². The van der Waals surface area contributed by atoms with Gasteiger partial charge < -0.3 is 4.90 Å². The Hall–Kier alpha value is -0.730. The first kappa shape index (κ1) is 7.90. The number of nitrogens with one attached hydrogen (secondary N) is 1. The van der Waals surface area contributed by atoms with Gasteiger partial charge in [0.05, 0.1) is 0 Å². The first-order valence-corrected chi connectivity index (χ1v) is 4.76. The van der Waals surface area contributed by atoms with Crippen LogP contribution in [0.15, 0.2) is 5.10 Å². The molecule has 0 aromatic heterocycles. The van der Waals surface area contributed by atoms with Crippen molar-refractivity contribution in [2.24, 2.45) is 16.9 Å². The van der Waals surface area contributed by atoms with Gasteiger partial charge in [0.25, 0.3) is 0 Å². The minimum absolute atomic E-state index is 0.417. The Balaban J connectivity index is 2.02. The Labute approximate surface area is 73.8 Å². The number of hydrazone groups is 1. The SMILES string of the molecule is CC(C)C1NN=C(C2CC2)N1C. The summed E-state index contributed by atoms with van der Waals surface area (Å²) in [7, 11) is 2.14. The van der Waals surface area contributed by atoms with Crippen molar-refractivity contribution in [3.63, 3.8) is 0 Å². The second-order valence-corrected chi connectivity index (χ2v) is 4.17. The number of amidine groups is 1. The average molecular weight is 167 g/mol. The maximum Gasteiger partial charge on any atom is 0.129 e. The maximum atomic E-state index is 4.37. The maximum absolute atomic E-state index is 4.37. The van der Waals surface area contributed by atoms with Gasteiger partial charge in [0.2, 0.25) is 0 Å². The second kappa shape index (κ2) is 2.64. The van der Waals surface area contributed by atoms with Crippen LogP contribution in [0.1, 0.15) is 26.7 Å². The molecule has 0 aromatic carbocycles.